The third-order valence-electron chi connectivity index (χ3n) is 3.39. The van der Waals surface area contributed by atoms with Crippen molar-refractivity contribution in [3.05, 3.63) is 22.2 Å². The molecule has 1 amide bonds. The maximum atomic E-state index is 12.1. The van der Waals surface area contributed by atoms with Gasteiger partial charge in [0, 0.05) is 27.7 Å². The highest BCUT2D eigenvalue weighted by Crippen LogP contribution is 2.36. The lowest BCUT2D eigenvalue weighted by Gasteiger charge is -2.25. The smallest absolute Gasteiger partial charge is 0.258 e. The first kappa shape index (κ1) is 21.7. The molecular weight excluding hydrogens is 388 g/mol. The van der Waals surface area contributed by atoms with Gasteiger partial charge in [0.25, 0.3) is 5.91 Å². The van der Waals surface area contributed by atoms with Crippen LogP contribution in [0.4, 0.5) is 0 Å². The number of carbonyl (C=O) groups is 1. The molecule has 0 bridgehead atoms. The van der Waals surface area contributed by atoms with Crippen molar-refractivity contribution >= 4 is 21.8 Å². The standard InChI is InChI=1S/C18H29BrN2O4/c1-17(2,3)21-15(23)10-25-16-12(9-20-18(4,5)11-22)13(19)7-8-14(16)24-6/h7-8,20,22H,9-11H2,1-6H3,(H,21,23). The molecule has 0 aliphatic heterocycles. The van der Waals surface area contributed by atoms with E-state index < -0.39 is 5.54 Å². The van der Waals surface area contributed by atoms with Crippen LogP contribution in [-0.4, -0.2) is 42.4 Å². The summed E-state index contributed by atoms with van der Waals surface area (Å²) in [5.41, 5.74) is 0.0604. The van der Waals surface area contributed by atoms with Gasteiger partial charge in [-0.2, -0.15) is 0 Å². The molecule has 0 saturated heterocycles. The SMILES string of the molecule is COc1ccc(Br)c(CNC(C)(C)CO)c1OCC(=O)NC(C)(C)C. The van der Waals surface area contributed by atoms with Gasteiger partial charge in [-0.15, -0.1) is 0 Å². The molecule has 25 heavy (non-hydrogen) atoms. The number of methoxy groups -OCH3 is 1. The zero-order valence-corrected chi connectivity index (χ0v) is 17.4. The maximum absolute atomic E-state index is 12.1. The summed E-state index contributed by atoms with van der Waals surface area (Å²) >= 11 is 3.52. The highest BCUT2D eigenvalue weighted by atomic mass is 79.9. The summed E-state index contributed by atoms with van der Waals surface area (Å²) in [6.45, 7) is 9.88. The zero-order valence-electron chi connectivity index (χ0n) is 15.8. The van der Waals surface area contributed by atoms with Crippen molar-refractivity contribution in [2.75, 3.05) is 20.3 Å². The summed E-state index contributed by atoms with van der Waals surface area (Å²) < 4.78 is 12.0. The van der Waals surface area contributed by atoms with E-state index in [4.69, 9.17) is 9.47 Å². The second-order valence-electron chi connectivity index (χ2n) is 7.54. The monoisotopic (exact) mass is 416 g/mol. The van der Waals surface area contributed by atoms with Gasteiger partial charge in [0.1, 0.15) is 0 Å². The fourth-order valence-electron chi connectivity index (χ4n) is 2.04. The molecule has 0 aliphatic carbocycles. The summed E-state index contributed by atoms with van der Waals surface area (Å²) in [6.07, 6.45) is 0. The third-order valence-corrected chi connectivity index (χ3v) is 4.13. The number of rotatable bonds is 8. The Morgan fingerprint density at radius 1 is 1.24 bits per heavy atom. The minimum Gasteiger partial charge on any atom is -0.493 e. The lowest BCUT2D eigenvalue weighted by molar-refractivity contribution is -0.124. The van der Waals surface area contributed by atoms with Gasteiger partial charge in [-0.25, -0.2) is 0 Å². The summed E-state index contributed by atoms with van der Waals surface area (Å²) in [4.78, 5) is 12.1. The fraction of sp³-hybridized carbons (Fsp3) is 0.611. The van der Waals surface area contributed by atoms with Crippen molar-refractivity contribution in [1.29, 1.82) is 0 Å². The molecule has 1 rings (SSSR count). The van der Waals surface area contributed by atoms with Gasteiger partial charge in [0.15, 0.2) is 18.1 Å². The van der Waals surface area contributed by atoms with Gasteiger partial charge < -0.3 is 25.2 Å². The Kier molecular flexibility index (Phi) is 7.71. The van der Waals surface area contributed by atoms with Crippen molar-refractivity contribution in [2.45, 2.75) is 52.2 Å². The molecule has 0 atom stereocenters. The van der Waals surface area contributed by atoms with E-state index in [0.717, 1.165) is 10.0 Å². The number of halogens is 1. The molecule has 0 spiro atoms. The van der Waals surface area contributed by atoms with Crippen molar-refractivity contribution in [3.8, 4) is 11.5 Å². The molecule has 0 unspecified atom stereocenters. The largest absolute Gasteiger partial charge is 0.493 e. The molecule has 1 aromatic carbocycles. The van der Waals surface area contributed by atoms with E-state index in [1.807, 2.05) is 40.7 Å². The molecule has 142 valence electrons. The lowest BCUT2D eigenvalue weighted by atomic mass is 10.1. The van der Waals surface area contributed by atoms with Gasteiger partial charge in [-0.1, -0.05) is 15.9 Å². The Labute approximate surface area is 158 Å². The van der Waals surface area contributed by atoms with Crippen molar-refractivity contribution in [2.24, 2.45) is 0 Å². The van der Waals surface area contributed by atoms with E-state index in [2.05, 4.69) is 26.6 Å². The van der Waals surface area contributed by atoms with Crippen LogP contribution in [0.15, 0.2) is 16.6 Å². The summed E-state index contributed by atoms with van der Waals surface area (Å²) in [5, 5.41) is 15.5. The van der Waals surface area contributed by atoms with E-state index >= 15 is 0 Å². The molecule has 0 fully saturated rings. The van der Waals surface area contributed by atoms with E-state index in [-0.39, 0.29) is 24.7 Å². The van der Waals surface area contributed by atoms with Crippen molar-refractivity contribution in [1.82, 2.24) is 10.6 Å². The van der Waals surface area contributed by atoms with Crippen LogP contribution < -0.4 is 20.1 Å². The molecule has 0 radical (unpaired) electrons. The van der Waals surface area contributed by atoms with E-state index in [1.165, 1.54) is 0 Å². The van der Waals surface area contributed by atoms with Crippen molar-refractivity contribution < 1.29 is 19.4 Å². The number of hydrogen-bond acceptors (Lipinski definition) is 5. The van der Waals surface area contributed by atoms with Gasteiger partial charge >= 0.3 is 0 Å². The van der Waals surface area contributed by atoms with Gasteiger partial charge in [0.05, 0.1) is 13.7 Å². The Morgan fingerprint density at radius 3 is 2.40 bits per heavy atom. The first-order chi connectivity index (χ1) is 11.5. The first-order valence-electron chi connectivity index (χ1n) is 8.14. The van der Waals surface area contributed by atoms with Crippen LogP contribution in [-0.2, 0) is 11.3 Å². The topological polar surface area (TPSA) is 79.8 Å². The Bertz CT molecular complexity index is 597. The van der Waals surface area contributed by atoms with Gasteiger partial charge in [-0.05, 0) is 46.8 Å². The number of hydrogen-bond donors (Lipinski definition) is 3. The van der Waals surface area contributed by atoms with E-state index in [9.17, 15) is 9.90 Å². The van der Waals surface area contributed by atoms with Crippen LogP contribution in [0.3, 0.4) is 0 Å². The highest BCUT2D eigenvalue weighted by Gasteiger charge is 2.21. The molecule has 0 saturated carbocycles. The molecule has 3 N–H and O–H groups in total. The van der Waals surface area contributed by atoms with E-state index in [0.29, 0.717) is 18.0 Å². The second kappa shape index (κ2) is 8.87. The van der Waals surface area contributed by atoms with Crippen LogP contribution in [0.2, 0.25) is 0 Å². The molecule has 6 nitrogen and oxygen atoms in total. The van der Waals surface area contributed by atoms with Gasteiger partial charge in [-0.3, -0.25) is 4.79 Å². The van der Waals surface area contributed by atoms with Crippen LogP contribution in [0.5, 0.6) is 11.5 Å². The predicted molar refractivity (Wildman–Crippen MR) is 102 cm³/mol. The number of carbonyl (C=O) groups excluding carboxylic acids is 1. The molecular formula is C18H29BrN2O4. The molecule has 0 aliphatic rings. The third kappa shape index (κ3) is 7.22. The average Bonchev–Trinajstić information content (AvgIpc) is 2.50. The summed E-state index contributed by atoms with van der Waals surface area (Å²) in [7, 11) is 1.56. The molecule has 0 aromatic heterocycles. The minimum absolute atomic E-state index is 0.00122. The Morgan fingerprint density at radius 2 is 1.88 bits per heavy atom. The average molecular weight is 417 g/mol. The molecule has 7 heteroatoms. The highest BCUT2D eigenvalue weighted by molar-refractivity contribution is 9.10. The number of aliphatic hydroxyl groups is 1. The number of aliphatic hydroxyl groups excluding tert-OH is 1. The lowest BCUT2D eigenvalue weighted by Crippen LogP contribution is -2.43. The van der Waals surface area contributed by atoms with Crippen LogP contribution >= 0.6 is 15.9 Å². The Balaban J connectivity index is 2.99. The summed E-state index contributed by atoms with van der Waals surface area (Å²) in [5.74, 6) is 0.844. The van der Waals surface area contributed by atoms with Crippen molar-refractivity contribution in [3.63, 3.8) is 0 Å². The second-order valence-corrected chi connectivity index (χ2v) is 8.39. The normalized spacial score (nSPS) is 12.0. The predicted octanol–water partition coefficient (Wildman–Crippen LogP) is 2.61. The number of benzene rings is 1. The fourth-order valence-corrected chi connectivity index (χ4v) is 2.49. The Hall–Kier alpha value is -1.31. The first-order valence-corrected chi connectivity index (χ1v) is 8.93. The minimum atomic E-state index is -0.441. The number of amides is 1. The summed E-state index contributed by atoms with van der Waals surface area (Å²) in [6, 6.07) is 3.64. The molecule has 0 heterocycles. The maximum Gasteiger partial charge on any atom is 0.258 e. The number of ether oxygens (including phenoxy) is 2. The van der Waals surface area contributed by atoms with Crippen LogP contribution in [0, 0.1) is 0 Å². The van der Waals surface area contributed by atoms with E-state index in [1.54, 1.807) is 13.2 Å². The van der Waals surface area contributed by atoms with Crippen LogP contribution in [0.1, 0.15) is 40.2 Å². The zero-order chi connectivity index (χ0) is 19.3. The van der Waals surface area contributed by atoms with Gasteiger partial charge in [0.2, 0.25) is 0 Å². The number of nitrogens with one attached hydrogen (secondary N) is 2. The van der Waals surface area contributed by atoms with Crippen LogP contribution in [0.25, 0.3) is 0 Å². The molecule has 1 aromatic rings. The quantitative estimate of drug-likeness (QED) is 0.606.